The van der Waals surface area contributed by atoms with E-state index in [4.69, 9.17) is 9.84 Å². The van der Waals surface area contributed by atoms with Crippen molar-refractivity contribution >= 4 is 15.8 Å². The van der Waals surface area contributed by atoms with Crippen molar-refractivity contribution < 1.29 is 23.1 Å². The Bertz CT molecular complexity index is 279. The van der Waals surface area contributed by atoms with Crippen LogP contribution in [0.4, 0.5) is 0 Å². The second-order valence-electron chi connectivity index (χ2n) is 2.99. The molecule has 1 aliphatic heterocycles. The third-order valence-corrected chi connectivity index (χ3v) is 3.80. The Kier molecular flexibility index (Phi) is 2.13. The Balaban J connectivity index is 2.65. The van der Waals surface area contributed by atoms with Gasteiger partial charge in [-0.25, -0.2) is 8.42 Å². The highest BCUT2D eigenvalue weighted by Crippen LogP contribution is 2.30. The molecule has 1 saturated heterocycles. The molecule has 1 fully saturated rings. The van der Waals surface area contributed by atoms with Gasteiger partial charge in [0.1, 0.15) is 5.60 Å². The standard InChI is InChI=1S/C6H10O5S/c1-11-6(2-5(7)8)3-12(9,10)4-6/h2-4H2,1H3,(H,7,8). The van der Waals surface area contributed by atoms with Crippen LogP contribution in [0.1, 0.15) is 6.42 Å². The molecule has 0 spiro atoms. The normalized spacial score (nSPS) is 24.4. The molecule has 0 bridgehead atoms. The number of rotatable bonds is 3. The summed E-state index contributed by atoms with van der Waals surface area (Å²) in [5, 5.41) is 8.44. The van der Waals surface area contributed by atoms with E-state index in [2.05, 4.69) is 0 Å². The van der Waals surface area contributed by atoms with E-state index in [1.165, 1.54) is 7.11 Å². The molecule has 6 heteroatoms. The average molecular weight is 194 g/mol. The molecule has 0 aromatic carbocycles. The molecule has 0 unspecified atom stereocenters. The number of sulfone groups is 1. The Labute approximate surface area is 70.3 Å². The fourth-order valence-electron chi connectivity index (χ4n) is 1.33. The first kappa shape index (κ1) is 9.47. The van der Waals surface area contributed by atoms with Crippen molar-refractivity contribution in [3.05, 3.63) is 0 Å². The molecule has 0 saturated carbocycles. The highest BCUT2D eigenvalue weighted by molar-refractivity contribution is 7.93. The fraction of sp³-hybridized carbons (Fsp3) is 0.833. The molecular weight excluding hydrogens is 184 g/mol. The van der Waals surface area contributed by atoms with Crippen LogP contribution in [0.15, 0.2) is 0 Å². The van der Waals surface area contributed by atoms with E-state index in [0.29, 0.717) is 0 Å². The van der Waals surface area contributed by atoms with E-state index in [9.17, 15) is 13.2 Å². The Morgan fingerprint density at radius 1 is 1.58 bits per heavy atom. The van der Waals surface area contributed by atoms with Crippen molar-refractivity contribution in [2.24, 2.45) is 0 Å². The summed E-state index contributed by atoms with van der Waals surface area (Å²) in [5.74, 6) is -1.39. The van der Waals surface area contributed by atoms with Crippen LogP contribution in [0, 0.1) is 0 Å². The maximum Gasteiger partial charge on any atom is 0.306 e. The third-order valence-electron chi connectivity index (χ3n) is 1.87. The second kappa shape index (κ2) is 2.70. The summed E-state index contributed by atoms with van der Waals surface area (Å²) in [7, 11) is -1.70. The van der Waals surface area contributed by atoms with Crippen molar-refractivity contribution in [2.45, 2.75) is 12.0 Å². The van der Waals surface area contributed by atoms with Crippen molar-refractivity contribution in [2.75, 3.05) is 18.6 Å². The largest absolute Gasteiger partial charge is 0.481 e. The molecule has 0 radical (unpaired) electrons. The topological polar surface area (TPSA) is 80.7 Å². The maximum atomic E-state index is 10.8. The van der Waals surface area contributed by atoms with Crippen LogP contribution >= 0.6 is 0 Å². The van der Waals surface area contributed by atoms with Crippen LogP contribution in [-0.4, -0.2) is 43.7 Å². The van der Waals surface area contributed by atoms with E-state index >= 15 is 0 Å². The predicted molar refractivity (Wildman–Crippen MR) is 40.6 cm³/mol. The van der Waals surface area contributed by atoms with Gasteiger partial charge in [0.15, 0.2) is 9.84 Å². The minimum absolute atomic E-state index is 0.178. The van der Waals surface area contributed by atoms with Crippen LogP contribution < -0.4 is 0 Å². The smallest absolute Gasteiger partial charge is 0.306 e. The van der Waals surface area contributed by atoms with E-state index in [1.54, 1.807) is 0 Å². The summed E-state index contributed by atoms with van der Waals surface area (Å²) in [4.78, 5) is 10.3. The number of hydrogen-bond acceptors (Lipinski definition) is 4. The van der Waals surface area contributed by atoms with Crippen LogP contribution in [0.5, 0.6) is 0 Å². The van der Waals surface area contributed by atoms with Gasteiger partial charge in [-0.1, -0.05) is 0 Å². The van der Waals surface area contributed by atoms with Gasteiger partial charge in [0, 0.05) is 7.11 Å². The molecule has 0 aromatic heterocycles. The van der Waals surface area contributed by atoms with Gasteiger partial charge in [-0.05, 0) is 0 Å². The van der Waals surface area contributed by atoms with Crippen LogP contribution in [0.3, 0.4) is 0 Å². The summed E-state index contributed by atoms with van der Waals surface area (Å²) in [6.45, 7) is 0. The van der Waals surface area contributed by atoms with E-state index < -0.39 is 21.4 Å². The van der Waals surface area contributed by atoms with Gasteiger partial charge >= 0.3 is 5.97 Å². The SMILES string of the molecule is COC1(CC(=O)O)CS(=O)(=O)C1. The lowest BCUT2D eigenvalue weighted by atomic mass is 10.0. The molecule has 5 nitrogen and oxygen atoms in total. The van der Waals surface area contributed by atoms with Crippen molar-refractivity contribution in [3.8, 4) is 0 Å². The van der Waals surface area contributed by atoms with Gasteiger partial charge in [0.05, 0.1) is 17.9 Å². The minimum Gasteiger partial charge on any atom is -0.481 e. The van der Waals surface area contributed by atoms with Crippen molar-refractivity contribution in [3.63, 3.8) is 0 Å². The molecular formula is C6H10O5S. The number of ether oxygens (including phenoxy) is 1. The summed E-state index contributed by atoms with van der Waals surface area (Å²) in [5.41, 5.74) is -0.968. The van der Waals surface area contributed by atoms with Crippen LogP contribution in [0.25, 0.3) is 0 Å². The number of methoxy groups -OCH3 is 1. The molecule has 0 aliphatic carbocycles. The molecule has 12 heavy (non-hydrogen) atoms. The van der Waals surface area contributed by atoms with Gasteiger partial charge in [0.2, 0.25) is 0 Å². The van der Waals surface area contributed by atoms with Crippen LogP contribution in [0.2, 0.25) is 0 Å². The molecule has 1 N–H and O–H groups in total. The predicted octanol–water partition coefficient (Wildman–Crippen LogP) is -0.725. The van der Waals surface area contributed by atoms with Gasteiger partial charge in [0.25, 0.3) is 0 Å². The molecule has 0 aromatic rings. The van der Waals surface area contributed by atoms with Crippen LogP contribution in [-0.2, 0) is 19.4 Å². The summed E-state index contributed by atoms with van der Waals surface area (Å²) in [6, 6.07) is 0. The molecule has 0 atom stereocenters. The number of carbonyl (C=O) groups is 1. The van der Waals surface area contributed by atoms with Gasteiger partial charge in [-0.15, -0.1) is 0 Å². The fourth-order valence-corrected chi connectivity index (χ4v) is 3.29. The van der Waals surface area contributed by atoms with Crippen molar-refractivity contribution in [1.82, 2.24) is 0 Å². The first-order valence-electron chi connectivity index (χ1n) is 3.37. The summed E-state index contributed by atoms with van der Waals surface area (Å²) in [6.07, 6.45) is -0.247. The number of carboxylic acid groups (broad SMARTS) is 1. The zero-order valence-electron chi connectivity index (χ0n) is 6.61. The molecule has 1 heterocycles. The highest BCUT2D eigenvalue weighted by Gasteiger charge is 2.50. The maximum absolute atomic E-state index is 10.8. The summed E-state index contributed by atoms with van der Waals surface area (Å²) >= 11 is 0. The lowest BCUT2D eigenvalue weighted by Crippen LogP contribution is -2.57. The Morgan fingerprint density at radius 3 is 2.33 bits per heavy atom. The molecule has 0 amide bonds. The van der Waals surface area contributed by atoms with Crippen molar-refractivity contribution in [1.29, 1.82) is 0 Å². The lowest BCUT2D eigenvalue weighted by molar-refractivity contribution is -0.142. The number of hydrogen-bond donors (Lipinski definition) is 1. The number of carboxylic acids is 1. The first-order valence-corrected chi connectivity index (χ1v) is 5.19. The molecule has 1 aliphatic rings. The molecule has 70 valence electrons. The third kappa shape index (κ3) is 1.75. The van der Waals surface area contributed by atoms with E-state index in [0.717, 1.165) is 0 Å². The quantitative estimate of drug-likeness (QED) is 0.641. The van der Waals surface area contributed by atoms with Gasteiger partial charge < -0.3 is 9.84 Å². The van der Waals surface area contributed by atoms with E-state index in [1.807, 2.05) is 0 Å². The minimum atomic E-state index is -3.04. The highest BCUT2D eigenvalue weighted by atomic mass is 32.2. The van der Waals surface area contributed by atoms with E-state index in [-0.39, 0.29) is 17.9 Å². The zero-order chi connectivity index (χ0) is 9.41. The Morgan fingerprint density at radius 2 is 2.08 bits per heavy atom. The first-order chi connectivity index (χ1) is 5.39. The van der Waals surface area contributed by atoms with Gasteiger partial charge in [-0.3, -0.25) is 4.79 Å². The molecule has 1 rings (SSSR count). The monoisotopic (exact) mass is 194 g/mol. The van der Waals surface area contributed by atoms with Gasteiger partial charge in [-0.2, -0.15) is 0 Å². The Hall–Kier alpha value is -0.620. The average Bonchev–Trinajstić information content (AvgIpc) is 1.81. The summed E-state index contributed by atoms with van der Waals surface area (Å²) < 4.78 is 26.4. The second-order valence-corrected chi connectivity index (χ2v) is 5.05. The number of aliphatic carboxylic acids is 1. The lowest BCUT2D eigenvalue weighted by Gasteiger charge is -2.38. The zero-order valence-corrected chi connectivity index (χ0v) is 7.43.